The minimum atomic E-state index is -0.524. The molecule has 2 heterocycles. The molecule has 0 spiro atoms. The van der Waals surface area contributed by atoms with Gasteiger partial charge >= 0.3 is 11.7 Å². The number of nitrogens with zero attached hydrogens (tertiary/aromatic N) is 4. The van der Waals surface area contributed by atoms with Gasteiger partial charge in [-0.15, -0.1) is 0 Å². The molecular formula is C19H22N4O5. The Morgan fingerprint density at radius 1 is 1.21 bits per heavy atom. The van der Waals surface area contributed by atoms with Gasteiger partial charge in [-0.3, -0.25) is 14.2 Å². The number of esters is 1. The van der Waals surface area contributed by atoms with E-state index >= 15 is 0 Å². The summed E-state index contributed by atoms with van der Waals surface area (Å²) in [4.78, 5) is 42.3. The van der Waals surface area contributed by atoms with Crippen molar-refractivity contribution in [2.24, 2.45) is 0 Å². The fourth-order valence-electron chi connectivity index (χ4n) is 3.06. The molecule has 0 fully saturated rings. The lowest BCUT2D eigenvalue weighted by Gasteiger charge is -2.14. The predicted molar refractivity (Wildman–Crippen MR) is 103 cm³/mol. The Kier molecular flexibility index (Phi) is 5.74. The van der Waals surface area contributed by atoms with Gasteiger partial charge in [0.05, 0.1) is 31.8 Å². The minimum absolute atomic E-state index is 0.0839. The van der Waals surface area contributed by atoms with Gasteiger partial charge < -0.3 is 14.0 Å². The minimum Gasteiger partial charge on any atom is -0.465 e. The zero-order chi connectivity index (χ0) is 20.3. The van der Waals surface area contributed by atoms with Crippen molar-refractivity contribution in [1.82, 2.24) is 18.7 Å². The van der Waals surface area contributed by atoms with E-state index in [0.29, 0.717) is 5.69 Å². The summed E-state index contributed by atoms with van der Waals surface area (Å²) in [6, 6.07) is 7.32. The topological polar surface area (TPSA) is 97.4 Å². The second kappa shape index (κ2) is 8.22. The zero-order valence-electron chi connectivity index (χ0n) is 16.0. The van der Waals surface area contributed by atoms with Crippen LogP contribution >= 0.6 is 0 Å². The molecule has 0 amide bonds. The summed E-state index contributed by atoms with van der Waals surface area (Å²) in [5.41, 5.74) is 0.788. The SMILES string of the molecule is CCOC(=O)Cn1cnc2c1c(=O)n(CCOC)c(=O)n2-c1ccccc1C. The summed E-state index contributed by atoms with van der Waals surface area (Å²) in [6.45, 7) is 3.92. The number of benzene rings is 1. The van der Waals surface area contributed by atoms with Crippen LogP contribution in [0.1, 0.15) is 12.5 Å². The largest absolute Gasteiger partial charge is 0.465 e. The van der Waals surface area contributed by atoms with Gasteiger partial charge in [0, 0.05) is 7.11 Å². The molecule has 0 N–H and O–H groups in total. The van der Waals surface area contributed by atoms with Crippen LogP contribution in [0.2, 0.25) is 0 Å². The van der Waals surface area contributed by atoms with E-state index in [-0.39, 0.29) is 37.5 Å². The van der Waals surface area contributed by atoms with Crippen LogP contribution in [-0.2, 0) is 27.4 Å². The molecular weight excluding hydrogens is 364 g/mol. The molecule has 0 aliphatic carbocycles. The highest BCUT2D eigenvalue weighted by Crippen LogP contribution is 2.16. The van der Waals surface area contributed by atoms with E-state index in [4.69, 9.17) is 9.47 Å². The maximum Gasteiger partial charge on any atom is 0.337 e. The van der Waals surface area contributed by atoms with Gasteiger partial charge in [0.1, 0.15) is 6.54 Å². The standard InChI is InChI=1S/C19H22N4O5/c1-4-28-15(24)11-21-12-20-17-16(21)18(25)22(9-10-27-3)19(26)23(17)14-8-6-5-7-13(14)2/h5-8,12H,4,9-11H2,1-3H3. The number of imidazole rings is 1. The molecule has 0 saturated carbocycles. The average Bonchev–Trinajstić information content (AvgIpc) is 3.07. The van der Waals surface area contributed by atoms with Crippen LogP contribution in [0.15, 0.2) is 40.2 Å². The first kappa shape index (κ1) is 19.6. The van der Waals surface area contributed by atoms with E-state index in [0.717, 1.165) is 10.1 Å². The maximum absolute atomic E-state index is 13.1. The average molecular weight is 386 g/mol. The lowest BCUT2D eigenvalue weighted by atomic mass is 10.2. The Hall–Kier alpha value is -3.20. The Bertz CT molecular complexity index is 1130. The first-order valence-electron chi connectivity index (χ1n) is 8.90. The van der Waals surface area contributed by atoms with Crippen LogP contribution in [0.5, 0.6) is 0 Å². The molecule has 0 atom stereocenters. The number of methoxy groups -OCH3 is 1. The smallest absolute Gasteiger partial charge is 0.337 e. The van der Waals surface area contributed by atoms with Gasteiger partial charge in [-0.25, -0.2) is 14.3 Å². The number of para-hydroxylation sites is 1. The third kappa shape index (κ3) is 3.48. The van der Waals surface area contributed by atoms with Crippen LogP contribution < -0.4 is 11.2 Å². The monoisotopic (exact) mass is 386 g/mol. The summed E-state index contributed by atoms with van der Waals surface area (Å²) < 4.78 is 13.9. The summed E-state index contributed by atoms with van der Waals surface area (Å²) >= 11 is 0. The van der Waals surface area contributed by atoms with E-state index in [1.165, 1.54) is 22.6 Å². The number of hydrogen-bond acceptors (Lipinski definition) is 6. The molecule has 2 aromatic heterocycles. The van der Waals surface area contributed by atoms with Gasteiger partial charge in [-0.05, 0) is 25.5 Å². The third-order valence-corrected chi connectivity index (χ3v) is 4.38. The maximum atomic E-state index is 13.1. The molecule has 0 aliphatic heterocycles. The van der Waals surface area contributed by atoms with Crippen molar-refractivity contribution in [2.75, 3.05) is 20.3 Å². The predicted octanol–water partition coefficient (Wildman–Crippen LogP) is 0.867. The molecule has 3 rings (SSSR count). The van der Waals surface area contributed by atoms with E-state index in [1.54, 1.807) is 19.1 Å². The van der Waals surface area contributed by atoms with E-state index in [9.17, 15) is 14.4 Å². The van der Waals surface area contributed by atoms with Gasteiger partial charge in [-0.2, -0.15) is 0 Å². The number of aryl methyl sites for hydroxylation is 1. The molecule has 1 aromatic carbocycles. The number of aromatic nitrogens is 4. The van der Waals surface area contributed by atoms with Gasteiger partial charge in [0.15, 0.2) is 11.2 Å². The highest BCUT2D eigenvalue weighted by molar-refractivity contribution is 5.76. The van der Waals surface area contributed by atoms with Crippen molar-refractivity contribution in [3.8, 4) is 5.69 Å². The normalized spacial score (nSPS) is 11.1. The number of fused-ring (bicyclic) bond motifs is 1. The number of hydrogen-bond donors (Lipinski definition) is 0. The summed E-state index contributed by atoms with van der Waals surface area (Å²) in [7, 11) is 1.49. The molecule has 0 aliphatic rings. The highest BCUT2D eigenvalue weighted by atomic mass is 16.5. The lowest BCUT2D eigenvalue weighted by molar-refractivity contribution is -0.143. The van der Waals surface area contributed by atoms with Crippen molar-refractivity contribution in [1.29, 1.82) is 0 Å². The van der Waals surface area contributed by atoms with Gasteiger partial charge in [0.25, 0.3) is 5.56 Å². The van der Waals surface area contributed by atoms with E-state index in [2.05, 4.69) is 4.98 Å². The van der Waals surface area contributed by atoms with Crippen LogP contribution in [0.3, 0.4) is 0 Å². The van der Waals surface area contributed by atoms with Gasteiger partial charge in [-0.1, -0.05) is 18.2 Å². The Balaban J connectivity index is 2.32. The van der Waals surface area contributed by atoms with Crippen LogP contribution in [0, 0.1) is 6.92 Å². The van der Waals surface area contributed by atoms with Crippen molar-refractivity contribution in [3.05, 3.63) is 57.0 Å². The fourth-order valence-corrected chi connectivity index (χ4v) is 3.06. The van der Waals surface area contributed by atoms with Crippen LogP contribution in [0.4, 0.5) is 0 Å². The second-order valence-electron chi connectivity index (χ2n) is 6.20. The number of carbonyl (C=O) groups excluding carboxylic acids is 1. The van der Waals surface area contributed by atoms with E-state index in [1.807, 2.05) is 19.1 Å². The first-order valence-corrected chi connectivity index (χ1v) is 8.90. The Morgan fingerprint density at radius 3 is 2.64 bits per heavy atom. The number of carbonyl (C=O) groups is 1. The molecule has 3 aromatic rings. The summed E-state index contributed by atoms with van der Waals surface area (Å²) in [6.07, 6.45) is 1.37. The van der Waals surface area contributed by atoms with Crippen molar-refractivity contribution < 1.29 is 14.3 Å². The summed E-state index contributed by atoms with van der Waals surface area (Å²) in [5.74, 6) is -0.488. The van der Waals surface area contributed by atoms with E-state index < -0.39 is 17.2 Å². The molecule has 0 unspecified atom stereocenters. The lowest BCUT2D eigenvalue weighted by Crippen LogP contribution is -2.41. The van der Waals surface area contributed by atoms with Crippen molar-refractivity contribution in [2.45, 2.75) is 26.9 Å². The van der Waals surface area contributed by atoms with Crippen molar-refractivity contribution >= 4 is 17.1 Å². The molecule has 28 heavy (non-hydrogen) atoms. The summed E-state index contributed by atoms with van der Waals surface area (Å²) in [5, 5.41) is 0. The van der Waals surface area contributed by atoms with Gasteiger partial charge in [0.2, 0.25) is 0 Å². The first-order chi connectivity index (χ1) is 13.5. The quantitative estimate of drug-likeness (QED) is 0.559. The number of rotatable bonds is 7. The molecule has 148 valence electrons. The molecule has 9 heteroatoms. The Morgan fingerprint density at radius 2 is 1.96 bits per heavy atom. The highest BCUT2D eigenvalue weighted by Gasteiger charge is 2.21. The van der Waals surface area contributed by atoms with Crippen LogP contribution in [0.25, 0.3) is 16.9 Å². The third-order valence-electron chi connectivity index (χ3n) is 4.38. The molecule has 0 radical (unpaired) electrons. The molecule has 0 bridgehead atoms. The fraction of sp³-hybridized carbons (Fsp3) is 0.368. The molecule has 9 nitrogen and oxygen atoms in total. The second-order valence-corrected chi connectivity index (χ2v) is 6.20. The van der Waals surface area contributed by atoms with Crippen molar-refractivity contribution in [3.63, 3.8) is 0 Å². The number of ether oxygens (including phenoxy) is 2. The molecule has 0 saturated heterocycles. The Labute approximate surface area is 160 Å². The zero-order valence-corrected chi connectivity index (χ0v) is 16.0. The van der Waals surface area contributed by atoms with Crippen LogP contribution in [-0.4, -0.2) is 45.0 Å².